The number of rotatable bonds is 4. The van der Waals surface area contributed by atoms with Crippen molar-refractivity contribution < 1.29 is 14.3 Å². The Morgan fingerprint density at radius 2 is 2.09 bits per heavy atom. The van der Waals surface area contributed by atoms with Crippen molar-refractivity contribution in [3.8, 4) is 0 Å². The third kappa shape index (κ3) is 2.92. The topological polar surface area (TPSA) is 56.6 Å². The van der Waals surface area contributed by atoms with Gasteiger partial charge in [-0.15, -0.1) is 0 Å². The average Bonchev–Trinajstić information content (AvgIpc) is 3.29. The minimum atomic E-state index is -0.596. The summed E-state index contributed by atoms with van der Waals surface area (Å²) in [6, 6.07) is 6.97. The number of carbonyl (C=O) groups excluding carboxylic acids is 1. The largest absolute Gasteiger partial charge is 0.482 e. The third-order valence-corrected chi connectivity index (χ3v) is 7.18. The van der Waals surface area contributed by atoms with Gasteiger partial charge in [-0.1, -0.05) is 29.8 Å². The number of hydrogen-bond donors (Lipinski definition) is 0. The predicted molar refractivity (Wildman–Crippen MR) is 127 cm³/mol. The van der Waals surface area contributed by atoms with Crippen molar-refractivity contribution in [3.63, 3.8) is 0 Å². The molecule has 6 nitrogen and oxygen atoms in total. The van der Waals surface area contributed by atoms with Crippen LogP contribution in [0.4, 0.5) is 5.95 Å². The van der Waals surface area contributed by atoms with Crippen molar-refractivity contribution in [2.75, 3.05) is 19.1 Å². The number of hydrogen-bond acceptors (Lipinski definition) is 6. The lowest BCUT2D eigenvalue weighted by Gasteiger charge is -2.41. The summed E-state index contributed by atoms with van der Waals surface area (Å²) in [5.41, 5.74) is 3.12. The van der Waals surface area contributed by atoms with Gasteiger partial charge in [0.15, 0.2) is 5.88 Å². The Hall–Kier alpha value is -2.74. The molecular weight excluding hydrogens is 446 g/mol. The lowest BCUT2D eigenvalue weighted by molar-refractivity contribution is 0.108. The van der Waals surface area contributed by atoms with Crippen LogP contribution in [-0.4, -0.2) is 40.5 Å². The van der Waals surface area contributed by atoms with E-state index in [0.717, 1.165) is 33.6 Å². The molecule has 0 fully saturated rings. The minimum Gasteiger partial charge on any atom is -0.482 e. The molecule has 5 rings (SSSR count). The first-order valence-corrected chi connectivity index (χ1v) is 11.3. The maximum atomic E-state index is 13.1. The normalized spacial score (nSPS) is 23.4. The van der Waals surface area contributed by atoms with Crippen molar-refractivity contribution in [3.05, 3.63) is 82.4 Å². The van der Waals surface area contributed by atoms with Crippen LogP contribution in [-0.2, 0) is 9.47 Å². The number of nitrogens with zero attached hydrogens (tertiary/aromatic N) is 3. The first kappa shape index (κ1) is 21.1. The van der Waals surface area contributed by atoms with Crippen LogP contribution in [0.2, 0.25) is 5.02 Å². The zero-order chi connectivity index (χ0) is 22.6. The van der Waals surface area contributed by atoms with Gasteiger partial charge in [-0.25, -0.2) is 4.98 Å². The molecule has 2 aliphatic heterocycles. The summed E-state index contributed by atoms with van der Waals surface area (Å²) in [6.07, 6.45) is 9.80. The number of ether oxygens (including phenoxy) is 2. The molecule has 2 unspecified atom stereocenters. The molecule has 32 heavy (non-hydrogen) atoms. The van der Waals surface area contributed by atoms with E-state index in [9.17, 15) is 4.79 Å². The Kier molecular flexibility index (Phi) is 5.08. The van der Waals surface area contributed by atoms with Gasteiger partial charge < -0.3 is 9.47 Å². The van der Waals surface area contributed by atoms with Gasteiger partial charge in [0.1, 0.15) is 16.7 Å². The minimum absolute atomic E-state index is 0.101. The molecule has 2 atom stereocenters. The maximum Gasteiger partial charge on any atom is 0.225 e. The molecule has 8 heteroatoms. The monoisotopic (exact) mass is 467 g/mol. The standard InChI is InChI=1S/C24H22ClN3O3S/c1-14-12-24-10-6-9-18(30-3)28(24)23-26-13-19(27(23)21(24)15(2)20(14)31-4)32-22(29)16-7-5-8-17(25)11-16/h5-13,20H,1-4H3. The van der Waals surface area contributed by atoms with E-state index in [2.05, 4.69) is 30.9 Å². The first-order chi connectivity index (χ1) is 15.4. The second kappa shape index (κ2) is 7.69. The molecule has 0 N–H and O–H groups in total. The molecule has 0 saturated carbocycles. The highest BCUT2D eigenvalue weighted by molar-refractivity contribution is 8.14. The van der Waals surface area contributed by atoms with Crippen molar-refractivity contribution in [1.29, 1.82) is 0 Å². The summed E-state index contributed by atoms with van der Waals surface area (Å²) < 4.78 is 13.6. The van der Waals surface area contributed by atoms with Crippen LogP contribution >= 0.6 is 23.4 Å². The molecule has 0 saturated heterocycles. The molecule has 1 aromatic heterocycles. The summed E-state index contributed by atoms with van der Waals surface area (Å²) in [5.74, 6) is 1.37. The van der Waals surface area contributed by atoms with Crippen molar-refractivity contribution >= 4 is 40.1 Å². The fraction of sp³-hybridized carbons (Fsp3) is 0.250. The third-order valence-electron chi connectivity index (χ3n) is 6.02. The number of thioether (sulfide) groups is 1. The number of carbonyl (C=O) groups is 1. The second-order valence-corrected chi connectivity index (χ2v) is 9.33. The molecule has 1 spiro atoms. The van der Waals surface area contributed by atoms with E-state index in [1.165, 1.54) is 0 Å². The van der Waals surface area contributed by atoms with E-state index in [1.807, 2.05) is 16.7 Å². The van der Waals surface area contributed by atoms with Gasteiger partial charge >= 0.3 is 0 Å². The van der Waals surface area contributed by atoms with Gasteiger partial charge in [0.05, 0.1) is 19.0 Å². The van der Waals surface area contributed by atoms with Gasteiger partial charge in [0.25, 0.3) is 0 Å². The van der Waals surface area contributed by atoms with Crippen LogP contribution in [0.3, 0.4) is 0 Å². The number of aromatic nitrogens is 2. The van der Waals surface area contributed by atoms with E-state index >= 15 is 0 Å². The van der Waals surface area contributed by atoms with Crippen LogP contribution in [0.15, 0.2) is 76.8 Å². The van der Waals surface area contributed by atoms with Crippen LogP contribution in [0.1, 0.15) is 24.2 Å². The van der Waals surface area contributed by atoms with Gasteiger partial charge in [0, 0.05) is 17.7 Å². The predicted octanol–water partition coefficient (Wildman–Crippen LogP) is 5.29. The summed E-state index contributed by atoms with van der Waals surface area (Å²) in [4.78, 5) is 19.8. The van der Waals surface area contributed by atoms with E-state index in [0.29, 0.717) is 22.4 Å². The number of fused-ring (bicyclic) bond motifs is 3. The molecule has 0 amide bonds. The number of methoxy groups -OCH3 is 2. The smallest absolute Gasteiger partial charge is 0.225 e. The highest BCUT2D eigenvalue weighted by Crippen LogP contribution is 2.53. The zero-order valence-electron chi connectivity index (χ0n) is 18.1. The Balaban J connectivity index is 1.67. The van der Waals surface area contributed by atoms with Crippen LogP contribution in [0.25, 0.3) is 5.70 Å². The van der Waals surface area contributed by atoms with E-state index in [4.69, 9.17) is 26.1 Å². The summed E-state index contributed by atoms with van der Waals surface area (Å²) in [7, 11) is 3.36. The molecule has 3 heterocycles. The first-order valence-electron chi connectivity index (χ1n) is 10.1. The number of allylic oxidation sites excluding steroid dienone is 2. The lowest BCUT2D eigenvalue weighted by atomic mass is 9.80. The summed E-state index contributed by atoms with van der Waals surface area (Å²) >= 11 is 7.23. The molecular formula is C24H22ClN3O3S. The Bertz CT molecular complexity index is 1260. The average molecular weight is 468 g/mol. The van der Waals surface area contributed by atoms with Crippen molar-refractivity contribution in [2.45, 2.75) is 30.5 Å². The molecule has 3 aliphatic rings. The van der Waals surface area contributed by atoms with Crippen molar-refractivity contribution in [2.24, 2.45) is 0 Å². The molecule has 0 radical (unpaired) electrons. The number of benzene rings is 1. The lowest BCUT2D eigenvalue weighted by Crippen LogP contribution is -2.47. The van der Waals surface area contributed by atoms with Crippen LogP contribution in [0, 0.1) is 0 Å². The van der Waals surface area contributed by atoms with Gasteiger partial charge in [-0.3, -0.25) is 14.3 Å². The fourth-order valence-electron chi connectivity index (χ4n) is 4.86. The molecule has 2 aromatic rings. The van der Waals surface area contributed by atoms with Gasteiger partial charge in [0.2, 0.25) is 11.1 Å². The van der Waals surface area contributed by atoms with E-state index < -0.39 is 5.54 Å². The highest BCUT2D eigenvalue weighted by atomic mass is 35.5. The number of halogens is 1. The molecule has 164 valence electrons. The number of anilines is 1. The van der Waals surface area contributed by atoms with Gasteiger partial charge in [-0.05, 0) is 67.1 Å². The van der Waals surface area contributed by atoms with Crippen LogP contribution < -0.4 is 4.90 Å². The summed E-state index contributed by atoms with van der Waals surface area (Å²) in [5, 5.41) is 1.15. The van der Waals surface area contributed by atoms with Gasteiger partial charge in [-0.2, -0.15) is 0 Å². The maximum absolute atomic E-state index is 13.1. The van der Waals surface area contributed by atoms with Crippen molar-refractivity contribution in [1.82, 2.24) is 9.55 Å². The fourth-order valence-corrected chi connectivity index (χ4v) is 5.85. The Labute approximate surface area is 195 Å². The molecule has 1 aromatic carbocycles. The van der Waals surface area contributed by atoms with Crippen LogP contribution in [0.5, 0.6) is 0 Å². The van der Waals surface area contributed by atoms with E-state index in [1.54, 1.807) is 44.7 Å². The Morgan fingerprint density at radius 1 is 1.28 bits per heavy atom. The second-order valence-electron chi connectivity index (χ2n) is 7.90. The quantitative estimate of drug-likeness (QED) is 0.449. The molecule has 0 bridgehead atoms. The Morgan fingerprint density at radius 3 is 2.81 bits per heavy atom. The molecule has 1 aliphatic carbocycles. The summed E-state index contributed by atoms with van der Waals surface area (Å²) in [6.45, 7) is 4.14. The highest BCUT2D eigenvalue weighted by Gasteiger charge is 2.53. The SMILES string of the molecule is COC1=CC=CC23C=C(C)C(OC)C(C)=C2n2c(SC(=O)c4cccc(Cl)c4)cnc2N13. The zero-order valence-corrected chi connectivity index (χ0v) is 19.7. The number of imidazole rings is 1. The van der Waals surface area contributed by atoms with E-state index in [-0.39, 0.29) is 11.2 Å².